The number of aromatic nitrogens is 2. The summed E-state index contributed by atoms with van der Waals surface area (Å²) in [7, 11) is 0. The number of carbonyl (C=O) groups excluding carboxylic acids is 1. The molecule has 0 aliphatic heterocycles. The Labute approximate surface area is 113 Å². The van der Waals surface area contributed by atoms with E-state index >= 15 is 0 Å². The molecule has 1 aromatic heterocycles. The Morgan fingerprint density at radius 2 is 2.00 bits per heavy atom. The number of amides is 1. The molecule has 2 N–H and O–H groups in total. The molecule has 5 nitrogen and oxygen atoms in total. The van der Waals surface area contributed by atoms with E-state index in [1.165, 1.54) is 32.1 Å². The lowest BCUT2D eigenvalue weighted by Crippen LogP contribution is -2.29. The highest BCUT2D eigenvalue weighted by molar-refractivity contribution is 5.76. The summed E-state index contributed by atoms with van der Waals surface area (Å²) in [6.45, 7) is 0.322. The summed E-state index contributed by atoms with van der Waals surface area (Å²) in [5.74, 6) is 0.0646. The van der Waals surface area contributed by atoms with Crippen LogP contribution in [0.1, 0.15) is 44.9 Å². The predicted molar refractivity (Wildman–Crippen MR) is 73.9 cm³/mol. The van der Waals surface area contributed by atoms with Crippen LogP contribution in [0.3, 0.4) is 0 Å². The maximum Gasteiger partial charge on any atom is 0.241 e. The molecule has 0 spiro atoms. The van der Waals surface area contributed by atoms with Crippen molar-refractivity contribution in [1.29, 1.82) is 0 Å². The summed E-state index contributed by atoms with van der Waals surface area (Å²) < 4.78 is 1.71. The minimum atomic E-state index is 0.0646. The van der Waals surface area contributed by atoms with Gasteiger partial charge in [-0.25, -0.2) is 0 Å². The first kappa shape index (κ1) is 12.5. The molecule has 0 bridgehead atoms. The molecule has 5 heteroatoms. The standard InChI is InChI=1S/C14H22N4O/c19-14(17-12-6-7-12)10-18-9-13(8-15-18)16-11-4-2-1-3-5-11/h8-9,11-12,16H,1-7,10H2,(H,17,19). The largest absolute Gasteiger partial charge is 0.380 e. The molecule has 2 saturated carbocycles. The van der Waals surface area contributed by atoms with Crippen molar-refractivity contribution in [2.75, 3.05) is 5.32 Å². The van der Waals surface area contributed by atoms with E-state index in [-0.39, 0.29) is 5.91 Å². The van der Waals surface area contributed by atoms with Crippen molar-refractivity contribution in [3.8, 4) is 0 Å². The molecule has 104 valence electrons. The average Bonchev–Trinajstić information content (AvgIpc) is 3.11. The lowest BCUT2D eigenvalue weighted by molar-refractivity contribution is -0.122. The number of carbonyl (C=O) groups is 1. The molecule has 1 heterocycles. The number of hydrogen-bond donors (Lipinski definition) is 2. The smallest absolute Gasteiger partial charge is 0.241 e. The van der Waals surface area contributed by atoms with E-state index in [0.717, 1.165) is 18.5 Å². The molecule has 2 fully saturated rings. The van der Waals surface area contributed by atoms with Crippen LogP contribution in [0.2, 0.25) is 0 Å². The Morgan fingerprint density at radius 3 is 2.74 bits per heavy atom. The molecule has 0 unspecified atom stereocenters. The summed E-state index contributed by atoms with van der Waals surface area (Å²) >= 11 is 0. The maximum atomic E-state index is 11.7. The van der Waals surface area contributed by atoms with Crippen molar-refractivity contribution in [2.45, 2.75) is 63.6 Å². The molecule has 2 aliphatic carbocycles. The van der Waals surface area contributed by atoms with Crippen LogP contribution in [0.25, 0.3) is 0 Å². The van der Waals surface area contributed by atoms with E-state index < -0.39 is 0 Å². The SMILES string of the molecule is O=C(Cn1cc(NC2CCCCC2)cn1)NC1CC1. The van der Waals surface area contributed by atoms with Crippen molar-refractivity contribution in [3.63, 3.8) is 0 Å². The molecule has 0 saturated heterocycles. The Hall–Kier alpha value is -1.52. The Bertz CT molecular complexity index is 432. The summed E-state index contributed by atoms with van der Waals surface area (Å²) in [6.07, 6.45) is 12.5. The van der Waals surface area contributed by atoms with Gasteiger partial charge in [0.15, 0.2) is 0 Å². The van der Waals surface area contributed by atoms with Crippen LogP contribution in [0.5, 0.6) is 0 Å². The predicted octanol–water partition coefficient (Wildman–Crippen LogP) is 1.91. The first-order valence-corrected chi connectivity index (χ1v) is 7.38. The second kappa shape index (κ2) is 5.63. The molecule has 0 aromatic carbocycles. The third-order valence-corrected chi connectivity index (χ3v) is 3.86. The van der Waals surface area contributed by atoms with Crippen molar-refractivity contribution >= 4 is 11.6 Å². The second-order valence-corrected chi connectivity index (χ2v) is 5.75. The quantitative estimate of drug-likeness (QED) is 0.852. The van der Waals surface area contributed by atoms with E-state index in [1.54, 1.807) is 4.68 Å². The third kappa shape index (κ3) is 3.72. The van der Waals surface area contributed by atoms with E-state index in [0.29, 0.717) is 18.6 Å². The Balaban J connectivity index is 1.48. The lowest BCUT2D eigenvalue weighted by Gasteiger charge is -2.22. The highest BCUT2D eigenvalue weighted by Crippen LogP contribution is 2.21. The van der Waals surface area contributed by atoms with Crippen LogP contribution < -0.4 is 10.6 Å². The van der Waals surface area contributed by atoms with Crippen LogP contribution in [0.15, 0.2) is 12.4 Å². The van der Waals surface area contributed by atoms with Gasteiger partial charge in [-0.05, 0) is 25.7 Å². The van der Waals surface area contributed by atoms with Gasteiger partial charge in [0.05, 0.1) is 11.9 Å². The topological polar surface area (TPSA) is 59.0 Å². The number of nitrogens with one attached hydrogen (secondary N) is 2. The lowest BCUT2D eigenvalue weighted by atomic mass is 9.95. The van der Waals surface area contributed by atoms with E-state index in [9.17, 15) is 4.79 Å². The molecule has 0 atom stereocenters. The van der Waals surface area contributed by atoms with Crippen molar-refractivity contribution < 1.29 is 4.79 Å². The van der Waals surface area contributed by atoms with Gasteiger partial charge in [0.1, 0.15) is 6.54 Å². The summed E-state index contributed by atoms with van der Waals surface area (Å²) in [6, 6.07) is 0.995. The van der Waals surface area contributed by atoms with E-state index in [1.807, 2.05) is 12.4 Å². The van der Waals surface area contributed by atoms with Gasteiger partial charge in [-0.3, -0.25) is 9.48 Å². The normalized spacial score (nSPS) is 20.2. The highest BCUT2D eigenvalue weighted by Gasteiger charge is 2.23. The minimum Gasteiger partial charge on any atom is -0.380 e. The molecular formula is C14H22N4O. The van der Waals surface area contributed by atoms with Crippen LogP contribution in [0, 0.1) is 0 Å². The first-order valence-electron chi connectivity index (χ1n) is 7.38. The molecule has 1 aromatic rings. The van der Waals surface area contributed by atoms with E-state index in [2.05, 4.69) is 15.7 Å². The fraction of sp³-hybridized carbons (Fsp3) is 0.714. The molecule has 1 amide bonds. The van der Waals surface area contributed by atoms with Gasteiger partial charge in [0.2, 0.25) is 5.91 Å². The highest BCUT2D eigenvalue weighted by atomic mass is 16.2. The van der Waals surface area contributed by atoms with Crippen LogP contribution in [0.4, 0.5) is 5.69 Å². The number of rotatable bonds is 5. The molecule has 0 radical (unpaired) electrons. The van der Waals surface area contributed by atoms with Gasteiger partial charge < -0.3 is 10.6 Å². The van der Waals surface area contributed by atoms with Gasteiger partial charge >= 0.3 is 0 Å². The summed E-state index contributed by atoms with van der Waals surface area (Å²) in [5, 5.41) is 10.7. The molecule has 2 aliphatic rings. The van der Waals surface area contributed by atoms with Crippen molar-refractivity contribution in [1.82, 2.24) is 15.1 Å². The number of hydrogen-bond acceptors (Lipinski definition) is 3. The van der Waals surface area contributed by atoms with Crippen LogP contribution in [-0.4, -0.2) is 27.8 Å². The maximum absolute atomic E-state index is 11.7. The number of anilines is 1. The van der Waals surface area contributed by atoms with Gasteiger partial charge in [-0.1, -0.05) is 19.3 Å². The van der Waals surface area contributed by atoms with E-state index in [4.69, 9.17) is 0 Å². The van der Waals surface area contributed by atoms with Gasteiger partial charge in [0.25, 0.3) is 0 Å². The van der Waals surface area contributed by atoms with Gasteiger partial charge in [0, 0.05) is 18.3 Å². The molecular weight excluding hydrogens is 240 g/mol. The summed E-state index contributed by atoms with van der Waals surface area (Å²) in [5.41, 5.74) is 1.03. The molecule has 3 rings (SSSR count). The zero-order chi connectivity index (χ0) is 13.1. The number of nitrogens with zero attached hydrogens (tertiary/aromatic N) is 2. The van der Waals surface area contributed by atoms with Crippen LogP contribution in [-0.2, 0) is 11.3 Å². The van der Waals surface area contributed by atoms with Crippen LogP contribution >= 0.6 is 0 Å². The van der Waals surface area contributed by atoms with Crippen molar-refractivity contribution in [3.05, 3.63) is 12.4 Å². The second-order valence-electron chi connectivity index (χ2n) is 5.75. The van der Waals surface area contributed by atoms with Gasteiger partial charge in [-0.2, -0.15) is 5.10 Å². The minimum absolute atomic E-state index is 0.0646. The molecule has 19 heavy (non-hydrogen) atoms. The Morgan fingerprint density at radius 1 is 1.21 bits per heavy atom. The summed E-state index contributed by atoms with van der Waals surface area (Å²) in [4.78, 5) is 11.7. The fourth-order valence-electron chi connectivity index (χ4n) is 2.66. The average molecular weight is 262 g/mol. The third-order valence-electron chi connectivity index (χ3n) is 3.86. The van der Waals surface area contributed by atoms with Crippen molar-refractivity contribution in [2.24, 2.45) is 0 Å². The zero-order valence-electron chi connectivity index (χ0n) is 11.3. The first-order chi connectivity index (χ1) is 9.29. The van der Waals surface area contributed by atoms with Gasteiger partial charge in [-0.15, -0.1) is 0 Å². The zero-order valence-corrected chi connectivity index (χ0v) is 11.3. The Kier molecular flexibility index (Phi) is 3.71. The fourth-order valence-corrected chi connectivity index (χ4v) is 2.66. The monoisotopic (exact) mass is 262 g/mol.